The molecule has 0 saturated heterocycles. The lowest BCUT2D eigenvalue weighted by atomic mass is 10.1. The lowest BCUT2D eigenvalue weighted by molar-refractivity contribution is -0.113. The molecule has 27 heavy (non-hydrogen) atoms. The molecule has 1 aliphatic rings. The number of allylic oxidation sites excluding steroid dienone is 1. The quantitative estimate of drug-likeness (QED) is 0.876. The molecule has 0 fully saturated rings. The molecule has 0 radical (unpaired) electrons. The van der Waals surface area contributed by atoms with Crippen LogP contribution in [-0.2, 0) is 21.4 Å². The van der Waals surface area contributed by atoms with Crippen molar-refractivity contribution in [3.05, 3.63) is 77.2 Å². The van der Waals surface area contributed by atoms with E-state index in [0.717, 1.165) is 16.3 Å². The third-order valence-electron chi connectivity index (χ3n) is 4.17. The van der Waals surface area contributed by atoms with Gasteiger partial charge >= 0.3 is 10.2 Å². The molecule has 0 bridgehead atoms. The van der Waals surface area contributed by atoms with Crippen molar-refractivity contribution in [2.45, 2.75) is 13.3 Å². The summed E-state index contributed by atoms with van der Waals surface area (Å²) in [7, 11) is -2.81. The molecule has 6 nitrogen and oxygen atoms in total. The molecule has 2 aromatic rings. The first-order valence-corrected chi connectivity index (χ1v) is 9.66. The fraction of sp³-hybridized carbons (Fsp3) is 0.158. The zero-order chi connectivity index (χ0) is 19.6. The van der Waals surface area contributed by atoms with Crippen LogP contribution in [0.1, 0.15) is 18.1 Å². The van der Waals surface area contributed by atoms with Crippen LogP contribution in [0, 0.1) is 5.82 Å². The number of aryl methyl sites for hydroxylation is 1. The normalized spacial score (nSPS) is 15.7. The van der Waals surface area contributed by atoms with Gasteiger partial charge in [0.15, 0.2) is 0 Å². The third kappa shape index (κ3) is 4.06. The van der Waals surface area contributed by atoms with Crippen molar-refractivity contribution in [1.29, 1.82) is 0 Å². The number of carbonyl (C=O) groups is 1. The molecular formula is C19H18FN3O3S. The highest BCUT2D eigenvalue weighted by molar-refractivity contribution is 7.88. The zero-order valence-electron chi connectivity index (χ0n) is 14.8. The number of hydrogen-bond acceptors (Lipinski definition) is 3. The number of nitrogens with zero attached hydrogens (tertiary/aromatic N) is 2. The monoisotopic (exact) mass is 387 g/mol. The molecule has 0 aliphatic carbocycles. The summed E-state index contributed by atoms with van der Waals surface area (Å²) in [5.41, 5.74) is 2.05. The van der Waals surface area contributed by atoms with E-state index in [0.29, 0.717) is 11.3 Å². The second kappa shape index (κ2) is 7.32. The molecular weight excluding hydrogens is 369 g/mol. The Kier molecular flexibility index (Phi) is 5.09. The lowest BCUT2D eigenvalue weighted by Crippen LogP contribution is -2.35. The van der Waals surface area contributed by atoms with Crippen LogP contribution in [0.4, 0.5) is 10.1 Å². The van der Waals surface area contributed by atoms with E-state index in [1.807, 2.05) is 19.1 Å². The number of likely N-dealkylation sites (N-methyl/N-ethyl adjacent to an activating group) is 1. The average molecular weight is 387 g/mol. The number of carbonyl (C=O) groups excluding carboxylic acids is 1. The Hall–Kier alpha value is -3.00. The van der Waals surface area contributed by atoms with Crippen LogP contribution in [0.5, 0.6) is 0 Å². The lowest BCUT2D eigenvalue weighted by Gasteiger charge is -2.23. The average Bonchev–Trinajstić information content (AvgIpc) is 2.65. The van der Waals surface area contributed by atoms with Gasteiger partial charge in [0.05, 0.1) is 5.71 Å². The molecule has 1 N–H and O–H groups in total. The van der Waals surface area contributed by atoms with Gasteiger partial charge in [0.2, 0.25) is 0 Å². The summed E-state index contributed by atoms with van der Waals surface area (Å²) in [6.45, 7) is 2.02. The highest BCUT2D eigenvalue weighted by Crippen LogP contribution is 2.21. The second-order valence-electron chi connectivity index (χ2n) is 5.96. The molecule has 2 aromatic carbocycles. The van der Waals surface area contributed by atoms with E-state index in [2.05, 4.69) is 9.71 Å². The highest BCUT2D eigenvalue weighted by Gasteiger charge is 2.30. The van der Waals surface area contributed by atoms with Crippen LogP contribution in [0.15, 0.2) is 64.7 Å². The van der Waals surface area contributed by atoms with Gasteiger partial charge in [0.1, 0.15) is 11.5 Å². The van der Waals surface area contributed by atoms with Crippen molar-refractivity contribution < 1.29 is 17.6 Å². The van der Waals surface area contributed by atoms with Gasteiger partial charge in [-0.15, -0.1) is 4.40 Å². The number of hydrogen-bond donors (Lipinski definition) is 1. The number of rotatable bonds is 4. The third-order valence-corrected chi connectivity index (χ3v) is 5.48. The smallest absolute Gasteiger partial charge is 0.321 e. The van der Waals surface area contributed by atoms with Crippen molar-refractivity contribution in [3.8, 4) is 0 Å². The summed E-state index contributed by atoms with van der Waals surface area (Å²) < 4.78 is 42.3. The van der Waals surface area contributed by atoms with Crippen molar-refractivity contribution >= 4 is 27.5 Å². The molecule has 140 valence electrons. The standard InChI is InChI=1S/C19H18FN3O3S/c1-3-13-4-10-16(11-5-13)21-19(24)18-12-17(22-27(25,26)23(18)2)14-6-8-15(20)9-7-14/h4-12H,3H2,1-2H3,(H,21,24). The van der Waals surface area contributed by atoms with Crippen LogP contribution in [0.25, 0.3) is 0 Å². The summed E-state index contributed by atoms with van der Waals surface area (Å²) >= 11 is 0. The molecule has 0 aromatic heterocycles. The first kappa shape index (κ1) is 18.8. The first-order chi connectivity index (χ1) is 12.8. The van der Waals surface area contributed by atoms with Crippen molar-refractivity contribution in [3.63, 3.8) is 0 Å². The summed E-state index contributed by atoms with van der Waals surface area (Å²) in [6, 6.07) is 12.5. The van der Waals surface area contributed by atoms with Gasteiger partial charge < -0.3 is 5.32 Å². The van der Waals surface area contributed by atoms with E-state index >= 15 is 0 Å². The summed E-state index contributed by atoms with van der Waals surface area (Å²) in [6.07, 6.45) is 2.24. The molecule has 0 saturated carbocycles. The number of anilines is 1. The van der Waals surface area contributed by atoms with Gasteiger partial charge in [-0.05, 0) is 54.5 Å². The van der Waals surface area contributed by atoms with E-state index in [1.54, 1.807) is 12.1 Å². The van der Waals surface area contributed by atoms with Crippen LogP contribution < -0.4 is 5.32 Å². The Morgan fingerprint density at radius 3 is 2.33 bits per heavy atom. The minimum absolute atomic E-state index is 0.0691. The van der Waals surface area contributed by atoms with E-state index < -0.39 is 21.9 Å². The Morgan fingerprint density at radius 2 is 1.74 bits per heavy atom. The van der Waals surface area contributed by atoms with Crippen molar-refractivity contribution in [2.24, 2.45) is 4.40 Å². The van der Waals surface area contributed by atoms with Crippen LogP contribution in [0.2, 0.25) is 0 Å². The minimum atomic E-state index is -4.07. The maximum atomic E-state index is 13.1. The molecule has 1 aliphatic heterocycles. The number of amides is 1. The molecule has 0 spiro atoms. The summed E-state index contributed by atoms with van der Waals surface area (Å²) in [5.74, 6) is -1.03. The highest BCUT2D eigenvalue weighted by atomic mass is 32.2. The summed E-state index contributed by atoms with van der Waals surface area (Å²) in [5, 5.41) is 2.68. The number of nitrogens with one attached hydrogen (secondary N) is 1. The van der Waals surface area contributed by atoms with E-state index in [4.69, 9.17) is 0 Å². The van der Waals surface area contributed by atoms with Gasteiger partial charge in [-0.2, -0.15) is 8.42 Å². The molecule has 0 unspecified atom stereocenters. The van der Waals surface area contributed by atoms with Gasteiger partial charge in [-0.25, -0.2) is 8.70 Å². The van der Waals surface area contributed by atoms with Crippen molar-refractivity contribution in [1.82, 2.24) is 4.31 Å². The Bertz CT molecular complexity index is 1030. The summed E-state index contributed by atoms with van der Waals surface area (Å²) in [4.78, 5) is 12.7. The topological polar surface area (TPSA) is 78.8 Å². The first-order valence-electron chi connectivity index (χ1n) is 8.27. The molecule has 1 heterocycles. The van der Waals surface area contributed by atoms with Gasteiger partial charge in [-0.3, -0.25) is 4.79 Å². The zero-order valence-corrected chi connectivity index (χ0v) is 15.6. The number of halogens is 1. The van der Waals surface area contributed by atoms with E-state index in [1.165, 1.54) is 37.4 Å². The van der Waals surface area contributed by atoms with Crippen LogP contribution in [0.3, 0.4) is 0 Å². The van der Waals surface area contributed by atoms with E-state index in [-0.39, 0.29) is 11.4 Å². The minimum Gasteiger partial charge on any atom is -0.321 e. The van der Waals surface area contributed by atoms with Gasteiger partial charge in [-0.1, -0.05) is 19.1 Å². The maximum Gasteiger partial charge on any atom is 0.345 e. The predicted molar refractivity (Wildman–Crippen MR) is 102 cm³/mol. The van der Waals surface area contributed by atoms with Gasteiger partial charge in [0, 0.05) is 18.3 Å². The Morgan fingerprint density at radius 1 is 1.11 bits per heavy atom. The van der Waals surface area contributed by atoms with Crippen LogP contribution in [-0.4, -0.2) is 31.4 Å². The second-order valence-corrected chi connectivity index (χ2v) is 7.59. The molecule has 0 atom stereocenters. The molecule has 3 rings (SSSR count). The van der Waals surface area contributed by atoms with E-state index in [9.17, 15) is 17.6 Å². The fourth-order valence-electron chi connectivity index (χ4n) is 2.54. The van der Waals surface area contributed by atoms with Crippen molar-refractivity contribution in [2.75, 3.05) is 12.4 Å². The maximum absolute atomic E-state index is 13.1. The largest absolute Gasteiger partial charge is 0.345 e. The van der Waals surface area contributed by atoms with Crippen LogP contribution >= 0.6 is 0 Å². The fourth-order valence-corrected chi connectivity index (χ4v) is 3.45. The number of benzene rings is 2. The van der Waals surface area contributed by atoms with Gasteiger partial charge in [0.25, 0.3) is 5.91 Å². The Balaban J connectivity index is 1.92. The predicted octanol–water partition coefficient (Wildman–Crippen LogP) is 2.89. The molecule has 8 heteroatoms. The molecule has 1 amide bonds. The Labute approximate surface area is 157 Å². The SMILES string of the molecule is CCc1ccc(NC(=O)C2=CC(c3ccc(F)cc3)=NS(=O)(=O)N2C)cc1.